The number of carboxylic acid groups (broad SMARTS) is 1. The molecule has 3 rings (SSSR count). The van der Waals surface area contributed by atoms with Crippen LogP contribution in [0.5, 0.6) is 0 Å². The van der Waals surface area contributed by atoms with E-state index in [0.717, 1.165) is 11.3 Å². The maximum Gasteiger partial charge on any atom is 0.412 e. The zero-order chi connectivity index (χ0) is 18.2. The number of carbonyl (C=O) groups is 2. The molecule has 0 unspecified atom stereocenters. The van der Waals surface area contributed by atoms with Crippen molar-refractivity contribution in [3.8, 4) is 10.7 Å². The zero-order valence-corrected chi connectivity index (χ0v) is 14.6. The third-order valence-corrected chi connectivity index (χ3v) is 4.02. The average molecular weight is 360 g/mol. The van der Waals surface area contributed by atoms with Crippen molar-refractivity contribution >= 4 is 34.0 Å². The van der Waals surface area contributed by atoms with Gasteiger partial charge in [-0.15, -0.1) is 0 Å². The molecule has 0 spiro atoms. The number of fused-ring (bicyclic) bond motifs is 1. The molecule has 0 bridgehead atoms. The lowest BCUT2D eigenvalue weighted by Gasteiger charge is -2.19. The Bertz CT molecular complexity index is 922. The predicted octanol–water partition coefficient (Wildman–Crippen LogP) is 3.50. The second-order valence-electron chi connectivity index (χ2n) is 6.22. The molecule has 25 heavy (non-hydrogen) atoms. The van der Waals surface area contributed by atoms with Crippen molar-refractivity contribution in [3.63, 3.8) is 0 Å². The van der Waals surface area contributed by atoms with E-state index in [2.05, 4.69) is 15.3 Å². The van der Waals surface area contributed by atoms with Gasteiger partial charge in [-0.1, -0.05) is 17.4 Å². The molecule has 9 heteroatoms. The van der Waals surface area contributed by atoms with Crippen LogP contribution in [-0.4, -0.2) is 37.1 Å². The number of hydrogen-bond donors (Lipinski definition) is 2. The highest BCUT2D eigenvalue weighted by Crippen LogP contribution is 2.32. The van der Waals surface area contributed by atoms with Gasteiger partial charge in [0.15, 0.2) is 5.69 Å². The summed E-state index contributed by atoms with van der Waals surface area (Å²) in [5, 5.41) is 12.3. The van der Waals surface area contributed by atoms with Gasteiger partial charge >= 0.3 is 12.1 Å². The van der Waals surface area contributed by atoms with E-state index in [4.69, 9.17) is 4.74 Å². The van der Waals surface area contributed by atoms with E-state index < -0.39 is 17.7 Å². The first kappa shape index (κ1) is 16.9. The number of carbonyl (C=O) groups excluding carboxylic acids is 1. The summed E-state index contributed by atoms with van der Waals surface area (Å²) in [6, 6.07) is 5.54. The largest absolute Gasteiger partial charge is 0.476 e. The monoisotopic (exact) mass is 360 g/mol. The first-order valence-corrected chi connectivity index (χ1v) is 8.23. The van der Waals surface area contributed by atoms with Gasteiger partial charge in [-0.3, -0.25) is 5.32 Å². The number of imidazole rings is 1. The van der Waals surface area contributed by atoms with Crippen LogP contribution < -0.4 is 5.32 Å². The summed E-state index contributed by atoms with van der Waals surface area (Å²) >= 11 is 1.03. The average Bonchev–Trinajstić information content (AvgIpc) is 3.08. The van der Waals surface area contributed by atoms with Crippen LogP contribution in [0.3, 0.4) is 0 Å². The van der Waals surface area contributed by atoms with E-state index >= 15 is 0 Å². The van der Waals surface area contributed by atoms with Gasteiger partial charge in [-0.05, 0) is 32.9 Å². The van der Waals surface area contributed by atoms with E-state index in [1.165, 1.54) is 0 Å². The Balaban J connectivity index is 1.94. The Morgan fingerprint density at radius 2 is 2.04 bits per heavy atom. The fourth-order valence-electron chi connectivity index (χ4n) is 2.09. The lowest BCUT2D eigenvalue weighted by atomic mass is 10.2. The predicted molar refractivity (Wildman–Crippen MR) is 93.1 cm³/mol. The lowest BCUT2D eigenvalue weighted by molar-refractivity contribution is 0.0636. The molecule has 3 heterocycles. The minimum atomic E-state index is -1.24. The van der Waals surface area contributed by atoms with Gasteiger partial charge < -0.3 is 14.2 Å². The van der Waals surface area contributed by atoms with E-state index in [0.29, 0.717) is 16.3 Å². The number of amides is 1. The number of hydrogen-bond acceptors (Lipinski definition) is 6. The standard InChI is InChI=1S/C16H16N4O4S/c1-16(2,3)24-15(23)19-13-11(14(21)22)18-12(25-13)9-8-20-7-5-4-6-10(20)17-9/h4-8H,1-3H3,(H,19,23)(H,21,22). The van der Waals surface area contributed by atoms with Crippen molar-refractivity contribution in [2.24, 2.45) is 0 Å². The van der Waals surface area contributed by atoms with Crippen LogP contribution in [0.15, 0.2) is 30.6 Å². The maximum atomic E-state index is 11.9. The molecule has 0 aliphatic carbocycles. The van der Waals surface area contributed by atoms with Gasteiger partial charge in [-0.2, -0.15) is 0 Å². The molecule has 1 amide bonds. The van der Waals surface area contributed by atoms with Gasteiger partial charge in [-0.25, -0.2) is 19.6 Å². The van der Waals surface area contributed by atoms with Crippen LogP contribution >= 0.6 is 11.3 Å². The summed E-state index contributed by atoms with van der Waals surface area (Å²) in [7, 11) is 0. The molecule has 0 atom stereocenters. The van der Waals surface area contributed by atoms with Crippen molar-refractivity contribution in [2.45, 2.75) is 26.4 Å². The number of thiazole rings is 1. The fraction of sp³-hybridized carbons (Fsp3) is 0.250. The van der Waals surface area contributed by atoms with Crippen molar-refractivity contribution in [2.75, 3.05) is 5.32 Å². The highest BCUT2D eigenvalue weighted by molar-refractivity contribution is 7.19. The molecule has 0 saturated carbocycles. The number of rotatable bonds is 3. The molecule has 0 saturated heterocycles. The molecule has 2 N–H and O–H groups in total. The maximum absolute atomic E-state index is 11.9. The van der Waals surface area contributed by atoms with Crippen molar-refractivity contribution in [3.05, 3.63) is 36.3 Å². The van der Waals surface area contributed by atoms with Crippen LogP contribution in [0, 0.1) is 0 Å². The summed E-state index contributed by atoms with van der Waals surface area (Å²) < 4.78 is 6.96. The number of anilines is 1. The molecular formula is C16H16N4O4S. The summed E-state index contributed by atoms with van der Waals surface area (Å²) in [5.41, 5.74) is 0.299. The molecule has 8 nitrogen and oxygen atoms in total. The molecule has 0 fully saturated rings. The fourth-order valence-corrected chi connectivity index (χ4v) is 2.99. The Labute approximate surface area is 147 Å². The minimum Gasteiger partial charge on any atom is -0.476 e. The van der Waals surface area contributed by atoms with Crippen LogP contribution in [0.4, 0.5) is 9.80 Å². The van der Waals surface area contributed by atoms with Gasteiger partial charge in [0.05, 0.1) is 0 Å². The summed E-state index contributed by atoms with van der Waals surface area (Å²) in [5.74, 6) is -1.24. The first-order valence-electron chi connectivity index (χ1n) is 7.41. The van der Waals surface area contributed by atoms with Crippen LogP contribution in [0.2, 0.25) is 0 Å². The van der Waals surface area contributed by atoms with Crippen LogP contribution in [0.25, 0.3) is 16.3 Å². The van der Waals surface area contributed by atoms with E-state index in [1.807, 2.05) is 24.4 Å². The molecular weight excluding hydrogens is 344 g/mol. The van der Waals surface area contributed by atoms with Gasteiger partial charge in [0, 0.05) is 12.4 Å². The van der Waals surface area contributed by atoms with Crippen molar-refractivity contribution in [1.29, 1.82) is 0 Å². The Kier molecular flexibility index (Phi) is 4.17. The first-order chi connectivity index (χ1) is 11.7. The van der Waals surface area contributed by atoms with E-state index in [9.17, 15) is 14.7 Å². The van der Waals surface area contributed by atoms with Gasteiger partial charge in [0.1, 0.15) is 27.0 Å². The zero-order valence-electron chi connectivity index (χ0n) is 13.8. The molecule has 0 aromatic carbocycles. The summed E-state index contributed by atoms with van der Waals surface area (Å²) in [6.07, 6.45) is 2.84. The quantitative estimate of drug-likeness (QED) is 0.740. The number of aromatic nitrogens is 3. The molecule has 0 radical (unpaired) electrons. The number of carboxylic acids is 1. The topological polar surface area (TPSA) is 106 Å². The van der Waals surface area contributed by atoms with E-state index in [-0.39, 0.29) is 10.7 Å². The van der Waals surface area contributed by atoms with Crippen molar-refractivity contribution < 1.29 is 19.4 Å². The normalized spacial score (nSPS) is 11.5. The highest BCUT2D eigenvalue weighted by atomic mass is 32.1. The SMILES string of the molecule is CC(C)(C)OC(=O)Nc1sc(-c2cn3ccccc3n2)nc1C(=O)O. The Morgan fingerprint density at radius 3 is 2.68 bits per heavy atom. The molecule has 0 aliphatic rings. The second-order valence-corrected chi connectivity index (χ2v) is 7.22. The summed E-state index contributed by atoms with van der Waals surface area (Å²) in [6.45, 7) is 5.17. The Morgan fingerprint density at radius 1 is 1.28 bits per heavy atom. The Hall–Kier alpha value is -2.94. The number of ether oxygens (including phenoxy) is 1. The van der Waals surface area contributed by atoms with E-state index in [1.54, 1.807) is 31.4 Å². The third-order valence-electron chi connectivity index (χ3n) is 3.03. The molecule has 0 aliphatic heterocycles. The van der Waals surface area contributed by atoms with Crippen LogP contribution in [0.1, 0.15) is 31.3 Å². The van der Waals surface area contributed by atoms with Crippen molar-refractivity contribution in [1.82, 2.24) is 14.4 Å². The third kappa shape index (κ3) is 3.77. The molecule has 3 aromatic rings. The highest BCUT2D eigenvalue weighted by Gasteiger charge is 2.23. The number of nitrogens with zero attached hydrogens (tertiary/aromatic N) is 3. The number of aromatic carboxylic acids is 1. The van der Waals surface area contributed by atoms with Crippen LogP contribution in [-0.2, 0) is 4.74 Å². The second kappa shape index (κ2) is 6.17. The smallest absolute Gasteiger partial charge is 0.412 e. The van der Waals surface area contributed by atoms with Gasteiger partial charge in [0.2, 0.25) is 0 Å². The summed E-state index contributed by atoms with van der Waals surface area (Å²) in [4.78, 5) is 31.9. The molecule has 3 aromatic heterocycles. The molecule has 130 valence electrons. The number of pyridine rings is 1. The lowest BCUT2D eigenvalue weighted by Crippen LogP contribution is -2.27. The van der Waals surface area contributed by atoms with Gasteiger partial charge in [0.25, 0.3) is 0 Å². The minimum absolute atomic E-state index is 0.105. The number of nitrogens with one attached hydrogen (secondary N) is 1.